The van der Waals surface area contributed by atoms with Crippen LogP contribution in [0, 0.1) is 5.82 Å². The molecule has 0 fully saturated rings. The van der Waals surface area contributed by atoms with E-state index in [9.17, 15) is 4.39 Å². The molecule has 1 aromatic heterocycles. The lowest BCUT2D eigenvalue weighted by Gasteiger charge is -1.97. The van der Waals surface area contributed by atoms with Crippen LogP contribution >= 0.6 is 11.6 Å². The van der Waals surface area contributed by atoms with E-state index in [1.54, 1.807) is 0 Å². The number of benzene rings is 1. The number of rotatable bonds is 0. The number of fused-ring (bicyclic) bond motifs is 1. The van der Waals surface area contributed by atoms with Gasteiger partial charge in [0.2, 0.25) is 0 Å². The average molecular weight is 183 g/mol. The van der Waals surface area contributed by atoms with Crippen LogP contribution in [0.5, 0.6) is 0 Å². The fourth-order valence-corrected chi connectivity index (χ4v) is 1.29. The maximum atomic E-state index is 12.8. The summed E-state index contributed by atoms with van der Waals surface area (Å²) in [5.41, 5.74) is 0.577. The number of halogens is 2. The van der Waals surface area contributed by atoms with Crippen LogP contribution in [0.2, 0.25) is 5.02 Å². The Morgan fingerprint density at radius 3 is 3.00 bits per heavy atom. The van der Waals surface area contributed by atoms with Gasteiger partial charge in [0.25, 0.3) is 0 Å². The third-order valence-corrected chi connectivity index (χ3v) is 1.81. The molecule has 0 aliphatic carbocycles. The highest BCUT2D eigenvalue weighted by atomic mass is 35.5. The van der Waals surface area contributed by atoms with Gasteiger partial charge in [-0.1, -0.05) is 11.6 Å². The molecular weight excluding hydrogens is 179 g/mol. The molecule has 2 rings (SSSR count). The van der Waals surface area contributed by atoms with Crippen LogP contribution in [0.3, 0.4) is 0 Å². The lowest BCUT2D eigenvalue weighted by Crippen LogP contribution is -1.83. The summed E-state index contributed by atoms with van der Waals surface area (Å²) in [5.74, 6) is -0.373. The molecule has 0 N–H and O–H groups in total. The molecule has 12 heavy (non-hydrogen) atoms. The second-order valence-corrected chi connectivity index (χ2v) is 2.76. The second-order valence-electron chi connectivity index (χ2n) is 2.35. The molecule has 1 heterocycles. The Balaban J connectivity index is 2.89. The third kappa shape index (κ3) is 1.12. The van der Waals surface area contributed by atoms with E-state index in [1.165, 1.54) is 24.7 Å². The minimum absolute atomic E-state index is 0.312. The quantitative estimate of drug-likeness (QED) is 0.625. The molecule has 0 aliphatic heterocycles. The normalized spacial score (nSPS) is 10.5. The lowest BCUT2D eigenvalue weighted by molar-refractivity contribution is 0.629. The van der Waals surface area contributed by atoms with Crippen molar-refractivity contribution in [2.24, 2.45) is 0 Å². The highest BCUT2D eigenvalue weighted by Crippen LogP contribution is 2.21. The Labute approximate surface area is 73.0 Å². The van der Waals surface area contributed by atoms with E-state index in [0.29, 0.717) is 15.9 Å². The van der Waals surface area contributed by atoms with Crippen molar-refractivity contribution in [3.8, 4) is 0 Å². The zero-order valence-electron chi connectivity index (χ0n) is 5.96. The van der Waals surface area contributed by atoms with Crippen LogP contribution in [0.15, 0.2) is 24.7 Å². The minimum atomic E-state index is -0.373. The van der Waals surface area contributed by atoms with Crippen LogP contribution in [0.25, 0.3) is 10.9 Å². The SMILES string of the molecule is Fc1cc(Cl)c2ncncc2c1. The fourth-order valence-electron chi connectivity index (χ4n) is 1.03. The van der Waals surface area contributed by atoms with Gasteiger partial charge in [-0.05, 0) is 12.1 Å². The molecule has 0 bridgehead atoms. The van der Waals surface area contributed by atoms with E-state index >= 15 is 0 Å². The van der Waals surface area contributed by atoms with Gasteiger partial charge in [-0.2, -0.15) is 0 Å². The largest absolute Gasteiger partial charge is 0.244 e. The first-order chi connectivity index (χ1) is 5.77. The van der Waals surface area contributed by atoms with Crippen molar-refractivity contribution in [1.82, 2.24) is 9.97 Å². The summed E-state index contributed by atoms with van der Waals surface area (Å²) in [7, 11) is 0. The number of hydrogen-bond donors (Lipinski definition) is 0. The molecule has 0 radical (unpaired) electrons. The first kappa shape index (κ1) is 7.43. The molecule has 0 saturated heterocycles. The topological polar surface area (TPSA) is 25.8 Å². The standard InChI is InChI=1S/C8H4ClFN2/c9-7-2-6(10)1-5-3-11-4-12-8(5)7/h1-4H. The van der Waals surface area contributed by atoms with Crippen LogP contribution < -0.4 is 0 Å². The molecule has 60 valence electrons. The molecular formula is C8H4ClFN2. The molecule has 0 unspecified atom stereocenters. The Hall–Kier alpha value is -1.22. The highest BCUT2D eigenvalue weighted by Gasteiger charge is 2.01. The van der Waals surface area contributed by atoms with Gasteiger partial charge < -0.3 is 0 Å². The molecule has 0 atom stereocenters. The average Bonchev–Trinajstić information content (AvgIpc) is 2.04. The summed E-state index contributed by atoms with van der Waals surface area (Å²) in [4.78, 5) is 7.67. The third-order valence-electron chi connectivity index (χ3n) is 1.52. The van der Waals surface area contributed by atoms with Crippen LogP contribution in [-0.2, 0) is 0 Å². The van der Waals surface area contributed by atoms with Gasteiger partial charge in [0.1, 0.15) is 12.1 Å². The summed E-state index contributed by atoms with van der Waals surface area (Å²) < 4.78 is 12.8. The molecule has 4 heteroatoms. The van der Waals surface area contributed by atoms with Gasteiger partial charge in [-0.15, -0.1) is 0 Å². The van der Waals surface area contributed by atoms with Crippen molar-refractivity contribution in [2.45, 2.75) is 0 Å². The smallest absolute Gasteiger partial charge is 0.125 e. The predicted molar refractivity (Wildman–Crippen MR) is 44.5 cm³/mol. The molecule has 0 amide bonds. The van der Waals surface area contributed by atoms with E-state index in [1.807, 2.05) is 0 Å². The summed E-state index contributed by atoms with van der Waals surface area (Å²) in [6.07, 6.45) is 2.91. The summed E-state index contributed by atoms with van der Waals surface area (Å²) >= 11 is 5.73. The van der Waals surface area contributed by atoms with E-state index in [0.717, 1.165) is 0 Å². The highest BCUT2D eigenvalue weighted by molar-refractivity contribution is 6.34. The van der Waals surface area contributed by atoms with Crippen molar-refractivity contribution < 1.29 is 4.39 Å². The Bertz CT molecular complexity index is 430. The Kier molecular flexibility index (Phi) is 1.66. The fraction of sp³-hybridized carbons (Fsp3) is 0. The van der Waals surface area contributed by atoms with E-state index in [4.69, 9.17) is 11.6 Å². The Morgan fingerprint density at radius 1 is 1.33 bits per heavy atom. The van der Waals surface area contributed by atoms with Gasteiger partial charge in [0.15, 0.2) is 0 Å². The predicted octanol–water partition coefficient (Wildman–Crippen LogP) is 2.42. The van der Waals surface area contributed by atoms with E-state index in [2.05, 4.69) is 9.97 Å². The molecule has 0 saturated carbocycles. The molecule has 2 aromatic rings. The van der Waals surface area contributed by atoms with Gasteiger partial charge >= 0.3 is 0 Å². The first-order valence-electron chi connectivity index (χ1n) is 3.32. The number of nitrogens with zero attached hydrogens (tertiary/aromatic N) is 2. The molecule has 0 aliphatic rings. The maximum Gasteiger partial charge on any atom is 0.125 e. The van der Waals surface area contributed by atoms with E-state index in [-0.39, 0.29) is 5.82 Å². The van der Waals surface area contributed by atoms with Gasteiger partial charge in [0, 0.05) is 11.6 Å². The van der Waals surface area contributed by atoms with Gasteiger partial charge in [-0.3, -0.25) is 0 Å². The van der Waals surface area contributed by atoms with Crippen LogP contribution in [0.1, 0.15) is 0 Å². The van der Waals surface area contributed by atoms with Crippen molar-refractivity contribution >= 4 is 22.5 Å². The molecule has 2 nitrogen and oxygen atoms in total. The zero-order chi connectivity index (χ0) is 8.55. The van der Waals surface area contributed by atoms with Crippen LogP contribution in [0.4, 0.5) is 4.39 Å². The second kappa shape index (κ2) is 2.68. The summed E-state index contributed by atoms with van der Waals surface area (Å²) in [6, 6.07) is 2.58. The summed E-state index contributed by atoms with van der Waals surface area (Å²) in [6.45, 7) is 0. The zero-order valence-corrected chi connectivity index (χ0v) is 6.72. The van der Waals surface area contributed by atoms with Crippen molar-refractivity contribution in [3.05, 3.63) is 35.5 Å². The van der Waals surface area contributed by atoms with E-state index < -0.39 is 0 Å². The first-order valence-corrected chi connectivity index (χ1v) is 3.70. The monoisotopic (exact) mass is 182 g/mol. The molecule has 1 aromatic carbocycles. The summed E-state index contributed by atoms with van der Waals surface area (Å²) in [5, 5.41) is 0.926. The minimum Gasteiger partial charge on any atom is -0.244 e. The van der Waals surface area contributed by atoms with Crippen LogP contribution in [-0.4, -0.2) is 9.97 Å². The van der Waals surface area contributed by atoms with Crippen molar-refractivity contribution in [3.63, 3.8) is 0 Å². The Morgan fingerprint density at radius 2 is 2.17 bits per heavy atom. The van der Waals surface area contributed by atoms with Gasteiger partial charge in [0.05, 0.1) is 10.5 Å². The number of hydrogen-bond acceptors (Lipinski definition) is 2. The van der Waals surface area contributed by atoms with Crippen molar-refractivity contribution in [1.29, 1.82) is 0 Å². The van der Waals surface area contributed by atoms with Gasteiger partial charge in [-0.25, -0.2) is 14.4 Å². The molecule has 0 spiro atoms. The lowest BCUT2D eigenvalue weighted by atomic mass is 10.2. The number of aromatic nitrogens is 2. The van der Waals surface area contributed by atoms with Crippen molar-refractivity contribution in [2.75, 3.05) is 0 Å². The maximum absolute atomic E-state index is 12.8.